The molecule has 0 aliphatic carbocycles. The molecule has 0 aromatic heterocycles. The minimum atomic E-state index is -2.22. The first kappa shape index (κ1) is 9.21. The predicted molar refractivity (Wildman–Crippen MR) is 53.2 cm³/mol. The second-order valence-electron chi connectivity index (χ2n) is 2.00. The van der Waals surface area contributed by atoms with Crippen molar-refractivity contribution in [2.24, 2.45) is 0 Å². The maximum Gasteiger partial charge on any atom is 0.180 e. The molecule has 0 radical (unpaired) electrons. The molecule has 1 nitrogen and oxygen atoms in total. The molecule has 1 atom stereocenters. The van der Waals surface area contributed by atoms with Crippen molar-refractivity contribution in [3.8, 4) is 0 Å². The quantitative estimate of drug-likeness (QED) is 0.688. The minimum absolute atomic E-state index is 0.902. The molecule has 0 spiro atoms. The van der Waals surface area contributed by atoms with Crippen molar-refractivity contribution in [2.45, 2.75) is 0 Å². The second kappa shape index (κ2) is 3.68. The van der Waals surface area contributed by atoms with Gasteiger partial charge in [-0.25, -0.2) is 0 Å². The maximum atomic E-state index is 5.95. The van der Waals surface area contributed by atoms with E-state index in [9.17, 15) is 0 Å². The molecule has 0 saturated heterocycles. The molecule has 0 heterocycles. The van der Waals surface area contributed by atoms with Crippen molar-refractivity contribution < 1.29 is 4.52 Å². The Balaban J connectivity index is 3.03. The van der Waals surface area contributed by atoms with Crippen LogP contribution in [0.3, 0.4) is 0 Å². The Kier molecular flexibility index (Phi) is 3.08. The molecule has 1 aromatic carbocycles. The molecule has 0 aliphatic rings. The van der Waals surface area contributed by atoms with E-state index in [1.165, 1.54) is 0 Å². The molecule has 0 amide bonds. The molecule has 1 unspecified atom stereocenters. The molecule has 11 heavy (non-hydrogen) atoms. The van der Waals surface area contributed by atoms with Gasteiger partial charge in [-0.15, -0.1) is 0 Å². The highest BCUT2D eigenvalue weighted by Gasteiger charge is 2.13. The summed E-state index contributed by atoms with van der Waals surface area (Å²) in [6.07, 6.45) is 0. The molecule has 0 aliphatic heterocycles. The average molecular weight is 207 g/mol. The van der Waals surface area contributed by atoms with E-state index in [1.807, 2.05) is 30.3 Å². The lowest BCUT2D eigenvalue weighted by atomic mass is 10.4. The van der Waals surface area contributed by atoms with Crippen LogP contribution in [0.2, 0.25) is 0 Å². The van der Waals surface area contributed by atoms with Gasteiger partial charge in [0.15, 0.2) is 5.62 Å². The van der Waals surface area contributed by atoms with Crippen LogP contribution in [0.1, 0.15) is 0 Å². The SMILES string of the molecule is COP(=S)(Cl)c1ccccc1. The number of halogens is 1. The van der Waals surface area contributed by atoms with Gasteiger partial charge in [0.1, 0.15) is 0 Å². The van der Waals surface area contributed by atoms with Crippen LogP contribution >= 0.6 is 16.9 Å². The number of benzene rings is 1. The summed E-state index contributed by atoms with van der Waals surface area (Å²) in [6, 6.07) is 9.50. The molecule has 60 valence electrons. The van der Waals surface area contributed by atoms with E-state index in [1.54, 1.807) is 7.11 Å². The number of hydrogen-bond acceptors (Lipinski definition) is 2. The summed E-state index contributed by atoms with van der Waals surface area (Å²) in [5, 5.41) is 0.902. The summed E-state index contributed by atoms with van der Waals surface area (Å²) in [4.78, 5) is 0. The zero-order valence-electron chi connectivity index (χ0n) is 6.03. The van der Waals surface area contributed by atoms with Crippen molar-refractivity contribution in [1.82, 2.24) is 0 Å². The Morgan fingerprint density at radius 2 is 1.91 bits per heavy atom. The zero-order valence-corrected chi connectivity index (χ0v) is 8.50. The van der Waals surface area contributed by atoms with Crippen molar-refractivity contribution in [2.75, 3.05) is 7.11 Å². The van der Waals surface area contributed by atoms with Gasteiger partial charge in [-0.2, -0.15) is 0 Å². The summed E-state index contributed by atoms with van der Waals surface area (Å²) in [6.45, 7) is 0. The van der Waals surface area contributed by atoms with E-state index >= 15 is 0 Å². The van der Waals surface area contributed by atoms with Gasteiger partial charge in [-0.1, -0.05) is 41.6 Å². The topological polar surface area (TPSA) is 9.23 Å². The lowest BCUT2D eigenvalue weighted by molar-refractivity contribution is 0.475. The van der Waals surface area contributed by atoms with Crippen LogP contribution < -0.4 is 5.30 Å². The number of rotatable bonds is 2. The summed E-state index contributed by atoms with van der Waals surface area (Å²) >= 11 is 11.0. The number of hydrogen-bond donors (Lipinski definition) is 0. The first-order valence-corrected chi connectivity index (χ1v) is 6.70. The highest BCUT2D eigenvalue weighted by molar-refractivity contribution is 8.28. The third-order valence-corrected chi connectivity index (χ3v) is 4.76. The third kappa shape index (κ3) is 2.28. The first-order chi connectivity index (χ1) is 5.17. The second-order valence-corrected chi connectivity index (χ2v) is 7.41. The molecule has 4 heteroatoms. The maximum absolute atomic E-state index is 5.95. The lowest BCUT2D eigenvalue weighted by Crippen LogP contribution is -1.99. The van der Waals surface area contributed by atoms with E-state index in [2.05, 4.69) is 0 Å². The van der Waals surface area contributed by atoms with Crippen LogP contribution in [-0.2, 0) is 16.3 Å². The van der Waals surface area contributed by atoms with Crippen molar-refractivity contribution in [3.05, 3.63) is 30.3 Å². The van der Waals surface area contributed by atoms with Crippen molar-refractivity contribution in [3.63, 3.8) is 0 Å². The Morgan fingerprint density at radius 3 is 2.36 bits per heavy atom. The van der Waals surface area contributed by atoms with Gasteiger partial charge in [0.2, 0.25) is 0 Å². The monoisotopic (exact) mass is 206 g/mol. The molecule has 0 N–H and O–H groups in total. The third-order valence-electron chi connectivity index (χ3n) is 1.30. The highest BCUT2D eigenvalue weighted by atomic mass is 35.7. The van der Waals surface area contributed by atoms with Gasteiger partial charge in [0, 0.05) is 12.4 Å². The van der Waals surface area contributed by atoms with E-state index in [-0.39, 0.29) is 0 Å². The van der Waals surface area contributed by atoms with Crippen LogP contribution in [0.25, 0.3) is 0 Å². The normalized spacial score (nSPS) is 15.8. The first-order valence-electron chi connectivity index (χ1n) is 3.08. The summed E-state index contributed by atoms with van der Waals surface area (Å²) in [7, 11) is 1.54. The molecular weight excluding hydrogens is 199 g/mol. The lowest BCUT2D eigenvalue weighted by Gasteiger charge is -2.10. The Morgan fingerprint density at radius 1 is 1.36 bits per heavy atom. The molecule has 1 aromatic rings. The fraction of sp³-hybridized carbons (Fsp3) is 0.143. The van der Waals surface area contributed by atoms with Gasteiger partial charge < -0.3 is 4.52 Å². The minimum Gasteiger partial charge on any atom is -0.338 e. The Bertz CT molecular complexity index is 275. The molecule has 0 saturated carbocycles. The van der Waals surface area contributed by atoms with E-state index in [0.717, 1.165) is 5.30 Å². The zero-order chi connectivity index (χ0) is 8.32. The summed E-state index contributed by atoms with van der Waals surface area (Å²) in [5.74, 6) is 0. The van der Waals surface area contributed by atoms with Crippen molar-refractivity contribution >= 4 is 34.0 Å². The summed E-state index contributed by atoms with van der Waals surface area (Å²) in [5.41, 5.74) is -2.22. The molecular formula is C7H8ClOPS. The van der Waals surface area contributed by atoms with Gasteiger partial charge in [0.25, 0.3) is 0 Å². The van der Waals surface area contributed by atoms with Crippen LogP contribution in [0.15, 0.2) is 30.3 Å². The fourth-order valence-electron chi connectivity index (χ4n) is 0.711. The standard InChI is InChI=1S/C7H8ClOPS/c1-9-10(8,11)7-5-3-2-4-6-7/h2-6H,1H3. The Labute approximate surface area is 76.2 Å². The van der Waals surface area contributed by atoms with Crippen LogP contribution in [-0.4, -0.2) is 7.11 Å². The van der Waals surface area contributed by atoms with Crippen LogP contribution in [0.5, 0.6) is 0 Å². The smallest absolute Gasteiger partial charge is 0.180 e. The van der Waals surface area contributed by atoms with Crippen LogP contribution in [0, 0.1) is 0 Å². The van der Waals surface area contributed by atoms with Gasteiger partial charge in [-0.3, -0.25) is 0 Å². The largest absolute Gasteiger partial charge is 0.338 e. The van der Waals surface area contributed by atoms with Crippen molar-refractivity contribution in [1.29, 1.82) is 0 Å². The molecule has 0 bridgehead atoms. The average Bonchev–Trinajstić information content (AvgIpc) is 2.06. The Hall–Kier alpha value is 0.120. The van der Waals surface area contributed by atoms with Gasteiger partial charge >= 0.3 is 0 Å². The molecule has 0 fully saturated rings. The van der Waals surface area contributed by atoms with E-state index in [4.69, 9.17) is 27.6 Å². The fourth-order valence-corrected chi connectivity index (χ4v) is 2.15. The van der Waals surface area contributed by atoms with Crippen LogP contribution in [0.4, 0.5) is 0 Å². The van der Waals surface area contributed by atoms with Gasteiger partial charge in [0.05, 0.1) is 0 Å². The van der Waals surface area contributed by atoms with E-state index < -0.39 is 5.62 Å². The van der Waals surface area contributed by atoms with E-state index in [0.29, 0.717) is 0 Å². The van der Waals surface area contributed by atoms with Gasteiger partial charge in [-0.05, 0) is 11.8 Å². The highest BCUT2D eigenvalue weighted by Crippen LogP contribution is 2.50. The molecule has 1 rings (SSSR count). The predicted octanol–water partition coefficient (Wildman–Crippen LogP) is 2.51. The summed E-state index contributed by atoms with van der Waals surface area (Å²) < 4.78 is 5.02.